The Kier molecular flexibility index (Phi) is 4.86. The molecule has 2 rings (SSSR count). The molecule has 1 unspecified atom stereocenters. The summed E-state index contributed by atoms with van der Waals surface area (Å²) in [5.74, 6) is -0.631. The summed E-state index contributed by atoms with van der Waals surface area (Å²) < 4.78 is 23.6. The molecule has 1 aliphatic rings. The normalized spacial score (nSPS) is 28.5. The molecule has 8 nitrogen and oxygen atoms in total. The topological polar surface area (TPSA) is 117 Å². The Morgan fingerprint density at radius 3 is 3.05 bits per heavy atom. The molecule has 1 aliphatic heterocycles. The van der Waals surface area contributed by atoms with Crippen LogP contribution in [0.3, 0.4) is 0 Å². The van der Waals surface area contributed by atoms with Crippen molar-refractivity contribution in [2.45, 2.75) is 31.8 Å². The molecule has 0 spiro atoms. The van der Waals surface area contributed by atoms with Gasteiger partial charge in [-0.3, -0.25) is 4.57 Å². The highest BCUT2D eigenvalue weighted by Gasteiger charge is 2.38. The third kappa shape index (κ3) is 4.12. The summed E-state index contributed by atoms with van der Waals surface area (Å²) in [7, 11) is -4.34. The summed E-state index contributed by atoms with van der Waals surface area (Å²) >= 11 is 4.07. The van der Waals surface area contributed by atoms with E-state index in [1.807, 2.05) is 0 Å². The first kappa shape index (κ1) is 16.6. The van der Waals surface area contributed by atoms with Crippen molar-refractivity contribution in [3.63, 3.8) is 0 Å². The lowest BCUT2D eigenvalue weighted by atomic mass is 10.2. The van der Waals surface area contributed by atoms with Crippen molar-refractivity contribution < 1.29 is 28.6 Å². The summed E-state index contributed by atoms with van der Waals surface area (Å²) in [5, 5.41) is 21.0. The van der Waals surface area contributed by atoms with Gasteiger partial charge in [0.05, 0.1) is 6.10 Å². The lowest BCUT2D eigenvalue weighted by molar-refractivity contribution is -0.276. The largest absolute Gasteiger partial charge is 0.858 e. The van der Waals surface area contributed by atoms with Crippen molar-refractivity contribution in [1.29, 1.82) is 0 Å². The third-order valence-corrected chi connectivity index (χ3v) is 3.78. The van der Waals surface area contributed by atoms with Crippen molar-refractivity contribution in [2.24, 2.45) is 0 Å². The van der Waals surface area contributed by atoms with Crippen LogP contribution in [-0.4, -0.2) is 38.4 Å². The van der Waals surface area contributed by atoms with Gasteiger partial charge in [0.1, 0.15) is 18.9 Å². The number of halogens is 1. The molecule has 21 heavy (non-hydrogen) atoms. The van der Waals surface area contributed by atoms with Crippen LogP contribution in [0, 0.1) is 6.92 Å². The van der Waals surface area contributed by atoms with Gasteiger partial charge in [-0.15, -0.1) is 0 Å². The van der Waals surface area contributed by atoms with Gasteiger partial charge in [0.25, 0.3) is 0 Å². The molecule has 2 heterocycles. The van der Waals surface area contributed by atoms with E-state index >= 15 is 0 Å². The first-order chi connectivity index (χ1) is 9.67. The van der Waals surface area contributed by atoms with Crippen LogP contribution in [-0.2, 0) is 21.5 Å². The number of hydrogen-bond donors (Lipinski definition) is 2. The van der Waals surface area contributed by atoms with Crippen molar-refractivity contribution in [2.75, 3.05) is 6.61 Å². The monoisotopic (exact) mass is 339 g/mol. The Morgan fingerprint density at radius 1 is 1.76 bits per heavy atom. The summed E-state index contributed by atoms with van der Waals surface area (Å²) in [6, 6.07) is 0. The van der Waals surface area contributed by atoms with Gasteiger partial charge < -0.3 is 27.2 Å². The van der Waals surface area contributed by atoms with Gasteiger partial charge in [0.15, 0.2) is 0 Å². The zero-order valence-corrected chi connectivity index (χ0v) is 12.6. The highest BCUT2D eigenvalue weighted by molar-refractivity contribution is 8.35. The lowest BCUT2D eigenvalue weighted by Crippen LogP contribution is -2.29. The smallest absolute Gasteiger partial charge is 0.349 e. The molecule has 118 valence electrons. The molecule has 0 saturated carbocycles. The van der Waals surface area contributed by atoms with Crippen LogP contribution >= 0.6 is 7.23 Å². The molecule has 4 atom stereocenters. The average Bonchev–Trinajstić information content (AvgIpc) is 2.72. The van der Waals surface area contributed by atoms with E-state index in [9.17, 15) is 19.2 Å². The summed E-state index contributed by atoms with van der Waals surface area (Å²) in [5.41, 5.74) is -0.552. The molecule has 1 fully saturated rings. The van der Waals surface area contributed by atoms with Crippen LogP contribution in [0.2, 0.25) is 0 Å². The fourth-order valence-corrected chi connectivity index (χ4v) is 2.47. The predicted octanol–water partition coefficient (Wildman–Crippen LogP) is -0.523. The Hall–Kier alpha value is -0.770. The van der Waals surface area contributed by atoms with Crippen molar-refractivity contribution in [3.05, 3.63) is 22.2 Å². The van der Waals surface area contributed by atoms with Crippen LogP contribution in [0.25, 0.3) is 0 Å². The molecule has 0 radical (unpaired) electrons. The predicted molar refractivity (Wildman–Crippen MR) is 70.8 cm³/mol. The molecule has 1 aromatic rings. The Bertz CT molecular complexity index is 580. The molecule has 0 aliphatic carbocycles. The fourth-order valence-electron chi connectivity index (χ4n) is 1.96. The number of nitrogens with zero attached hydrogens (tertiary/aromatic N) is 2. The van der Waals surface area contributed by atoms with E-state index in [1.165, 1.54) is 13.1 Å². The minimum Gasteiger partial charge on any atom is -0.858 e. The number of ether oxygens (including phenoxy) is 1. The van der Waals surface area contributed by atoms with E-state index in [-0.39, 0.29) is 12.0 Å². The van der Waals surface area contributed by atoms with Gasteiger partial charge in [-0.1, -0.05) is 0 Å². The second-order valence-electron chi connectivity index (χ2n) is 4.60. The molecule has 1 aromatic heterocycles. The first-order valence-corrected chi connectivity index (χ1v) is 8.51. The minimum absolute atomic E-state index is 0.0356. The standard InChI is InChI=1S/C10H14FN2O6PS/c1-5-3-13(10(16)12-9(5)15)8-2-6(14)7(19-8)4-18-20(11,17)21/h3,6-8,14H,2,4H2,1H3,(H,17,21)(H,12,15,16)/p-1/t6-,7+,8+,20?/m0/s1. The van der Waals surface area contributed by atoms with Crippen molar-refractivity contribution in [1.82, 2.24) is 9.55 Å². The quantitative estimate of drug-likeness (QED) is 0.556. The number of aliphatic hydroxyl groups excluding tert-OH is 1. The van der Waals surface area contributed by atoms with Crippen LogP contribution in [0.5, 0.6) is 5.88 Å². The highest BCUT2D eigenvalue weighted by Crippen LogP contribution is 2.55. The van der Waals surface area contributed by atoms with Gasteiger partial charge in [-0.25, -0.2) is 14.7 Å². The molecule has 1 saturated heterocycles. The summed E-state index contributed by atoms with van der Waals surface area (Å²) in [6.45, 7) is 1.05. The maximum atomic E-state index is 12.8. The minimum atomic E-state index is -4.34. The van der Waals surface area contributed by atoms with Gasteiger partial charge in [-0.2, -0.15) is 4.52 Å². The zero-order chi connectivity index (χ0) is 15.8. The molecular weight excluding hydrogens is 326 g/mol. The van der Waals surface area contributed by atoms with Crippen molar-refractivity contribution in [3.8, 4) is 5.88 Å². The van der Waals surface area contributed by atoms with Crippen LogP contribution in [0.1, 0.15) is 18.2 Å². The number of aryl methyl sites for hydroxylation is 1. The second-order valence-corrected chi connectivity index (χ2v) is 7.11. The van der Waals surface area contributed by atoms with E-state index in [0.717, 1.165) is 4.57 Å². The van der Waals surface area contributed by atoms with E-state index in [2.05, 4.69) is 21.8 Å². The van der Waals surface area contributed by atoms with Crippen LogP contribution in [0.15, 0.2) is 11.0 Å². The SMILES string of the molecule is Cc1cn([C@H]2C[C@H](O)[C@@H](CO[P+](O)(F)[S-])O2)c(=O)nc1[O-]. The van der Waals surface area contributed by atoms with E-state index in [0.29, 0.717) is 0 Å². The Labute approximate surface area is 124 Å². The number of hydrogen-bond acceptors (Lipinski definition) is 8. The maximum Gasteiger partial charge on any atom is 0.349 e. The van der Waals surface area contributed by atoms with Gasteiger partial charge in [0.2, 0.25) is 0 Å². The number of aromatic nitrogens is 2. The average molecular weight is 339 g/mol. The second kappa shape index (κ2) is 6.15. The number of aliphatic hydroxyl groups is 1. The van der Waals surface area contributed by atoms with Crippen LogP contribution < -0.4 is 10.8 Å². The Balaban J connectivity index is 2.11. The highest BCUT2D eigenvalue weighted by atomic mass is 32.7. The van der Waals surface area contributed by atoms with Gasteiger partial charge >= 0.3 is 12.9 Å². The molecule has 0 bridgehead atoms. The molecular formula is C10H13FN2O6PS-. The Morgan fingerprint density at radius 2 is 2.43 bits per heavy atom. The molecule has 11 heteroatoms. The van der Waals surface area contributed by atoms with E-state index < -0.39 is 43.8 Å². The van der Waals surface area contributed by atoms with Crippen molar-refractivity contribution >= 4 is 19.5 Å². The molecule has 0 aromatic carbocycles. The maximum absolute atomic E-state index is 12.8. The molecule has 2 N–H and O–H groups in total. The summed E-state index contributed by atoms with van der Waals surface area (Å²) in [6.07, 6.45) is -1.52. The van der Waals surface area contributed by atoms with E-state index in [4.69, 9.17) is 9.63 Å². The summed E-state index contributed by atoms with van der Waals surface area (Å²) in [4.78, 5) is 23.7. The van der Waals surface area contributed by atoms with Crippen LogP contribution in [0.4, 0.5) is 4.20 Å². The van der Waals surface area contributed by atoms with Gasteiger partial charge in [0, 0.05) is 12.6 Å². The first-order valence-electron chi connectivity index (χ1n) is 5.94. The van der Waals surface area contributed by atoms with E-state index in [1.54, 1.807) is 0 Å². The third-order valence-electron chi connectivity index (χ3n) is 3.00. The fraction of sp³-hybridized carbons (Fsp3) is 0.600. The number of rotatable bonds is 4. The van der Waals surface area contributed by atoms with Gasteiger partial charge in [-0.05, 0) is 22.6 Å². The zero-order valence-electron chi connectivity index (χ0n) is 10.9. The lowest BCUT2D eigenvalue weighted by Gasteiger charge is -2.18. The molecule has 0 amide bonds.